The van der Waals surface area contributed by atoms with Crippen LogP contribution in [0.2, 0.25) is 5.02 Å². The molecule has 0 aromatic heterocycles. The molecule has 0 fully saturated rings. The number of unbranched alkanes of at least 4 members (excludes halogenated alkanes) is 1. The number of halogens is 1. The maximum Gasteiger partial charge on any atom is 0.242 e. The molecule has 1 N–H and O–H groups in total. The normalized spacial score (nSPS) is 11.7. The fourth-order valence-electron chi connectivity index (χ4n) is 2.67. The van der Waals surface area contributed by atoms with Crippen LogP contribution in [-0.2, 0) is 16.1 Å². The minimum atomic E-state index is -0.572. The molecular weight excluding hydrogens is 392 g/mol. The van der Waals surface area contributed by atoms with Crippen molar-refractivity contribution in [1.29, 1.82) is 0 Å². The fourth-order valence-corrected chi connectivity index (χ4v) is 3.67. The molecule has 0 bridgehead atoms. The van der Waals surface area contributed by atoms with Crippen molar-refractivity contribution in [2.24, 2.45) is 0 Å². The van der Waals surface area contributed by atoms with E-state index < -0.39 is 6.04 Å². The highest BCUT2D eigenvalue weighted by atomic mass is 35.5. The predicted molar refractivity (Wildman–Crippen MR) is 117 cm³/mol. The monoisotopic (exact) mass is 418 g/mol. The van der Waals surface area contributed by atoms with Gasteiger partial charge in [0.15, 0.2) is 0 Å². The third kappa shape index (κ3) is 6.88. The van der Waals surface area contributed by atoms with Gasteiger partial charge in [-0.3, -0.25) is 9.59 Å². The van der Waals surface area contributed by atoms with Crippen molar-refractivity contribution in [3.8, 4) is 0 Å². The molecule has 2 amide bonds. The van der Waals surface area contributed by atoms with Crippen molar-refractivity contribution in [2.45, 2.75) is 44.2 Å². The van der Waals surface area contributed by atoms with E-state index in [-0.39, 0.29) is 17.6 Å². The molecule has 0 heterocycles. The van der Waals surface area contributed by atoms with Gasteiger partial charge in [0.1, 0.15) is 6.04 Å². The van der Waals surface area contributed by atoms with Gasteiger partial charge in [0.2, 0.25) is 11.8 Å². The summed E-state index contributed by atoms with van der Waals surface area (Å²) in [4.78, 5) is 28.2. The number of hydrogen-bond acceptors (Lipinski definition) is 3. The summed E-state index contributed by atoms with van der Waals surface area (Å²) in [5.41, 5.74) is 0.829. The Balaban J connectivity index is 2.11. The van der Waals surface area contributed by atoms with Gasteiger partial charge in [-0.25, -0.2) is 0 Å². The second-order valence-corrected chi connectivity index (χ2v) is 7.99. The summed E-state index contributed by atoms with van der Waals surface area (Å²) in [6.45, 7) is 4.76. The van der Waals surface area contributed by atoms with Crippen molar-refractivity contribution in [3.05, 3.63) is 65.2 Å². The molecule has 0 saturated carbocycles. The molecule has 0 saturated heterocycles. The average molecular weight is 419 g/mol. The highest BCUT2D eigenvalue weighted by molar-refractivity contribution is 8.00. The van der Waals surface area contributed by atoms with Gasteiger partial charge in [0, 0.05) is 23.0 Å². The largest absolute Gasteiger partial charge is 0.354 e. The summed E-state index contributed by atoms with van der Waals surface area (Å²) in [5, 5.41) is 3.51. The number of benzene rings is 2. The Morgan fingerprint density at radius 2 is 1.79 bits per heavy atom. The van der Waals surface area contributed by atoms with Crippen molar-refractivity contribution in [2.75, 3.05) is 12.3 Å². The third-order valence-electron chi connectivity index (χ3n) is 4.40. The second kappa shape index (κ2) is 11.8. The van der Waals surface area contributed by atoms with Crippen LogP contribution in [0.3, 0.4) is 0 Å². The molecule has 0 radical (unpaired) electrons. The molecule has 2 rings (SSSR count). The molecule has 1 atom stereocenters. The van der Waals surface area contributed by atoms with Gasteiger partial charge in [0.05, 0.1) is 5.75 Å². The average Bonchev–Trinajstić information content (AvgIpc) is 2.71. The molecule has 0 aliphatic carbocycles. The van der Waals surface area contributed by atoms with Crippen molar-refractivity contribution in [1.82, 2.24) is 10.2 Å². The molecule has 28 heavy (non-hydrogen) atoms. The number of rotatable bonds is 10. The van der Waals surface area contributed by atoms with Crippen LogP contribution in [0.4, 0.5) is 0 Å². The second-order valence-electron chi connectivity index (χ2n) is 6.54. The molecule has 2 aromatic carbocycles. The standard InChI is InChI=1S/C22H27ClN2O2S/c1-3-4-14-24-22(27)17(2)25(15-18-10-8-9-13-20(18)23)21(26)16-28-19-11-6-5-7-12-19/h5-13,17H,3-4,14-16H2,1-2H3,(H,24,27). The van der Waals surface area contributed by atoms with Gasteiger partial charge >= 0.3 is 0 Å². The van der Waals surface area contributed by atoms with E-state index in [1.165, 1.54) is 11.8 Å². The molecule has 150 valence electrons. The first-order chi connectivity index (χ1) is 13.5. The maximum absolute atomic E-state index is 13.0. The van der Waals surface area contributed by atoms with Gasteiger partial charge in [-0.05, 0) is 37.1 Å². The topological polar surface area (TPSA) is 49.4 Å². The van der Waals surface area contributed by atoms with Crippen LogP contribution in [0.25, 0.3) is 0 Å². The Morgan fingerprint density at radius 1 is 1.11 bits per heavy atom. The smallest absolute Gasteiger partial charge is 0.242 e. The maximum atomic E-state index is 13.0. The third-order valence-corrected chi connectivity index (χ3v) is 5.77. The van der Waals surface area contributed by atoms with Gasteiger partial charge in [0.25, 0.3) is 0 Å². The predicted octanol–water partition coefficient (Wildman–Crippen LogP) is 4.77. The molecule has 6 heteroatoms. The minimum absolute atomic E-state index is 0.0908. The van der Waals surface area contributed by atoms with E-state index in [9.17, 15) is 9.59 Å². The number of nitrogens with one attached hydrogen (secondary N) is 1. The Kier molecular flexibility index (Phi) is 9.38. The van der Waals surface area contributed by atoms with Crippen LogP contribution in [0, 0.1) is 0 Å². The number of carbonyl (C=O) groups is 2. The number of hydrogen-bond donors (Lipinski definition) is 1. The summed E-state index contributed by atoms with van der Waals surface area (Å²) in [6.07, 6.45) is 1.92. The zero-order valence-corrected chi connectivity index (χ0v) is 17.9. The fraction of sp³-hybridized carbons (Fsp3) is 0.364. The summed E-state index contributed by atoms with van der Waals surface area (Å²) in [6, 6.07) is 16.6. The van der Waals surface area contributed by atoms with Gasteiger partial charge in [-0.2, -0.15) is 0 Å². The van der Waals surface area contributed by atoms with Gasteiger partial charge < -0.3 is 10.2 Å². The molecule has 1 unspecified atom stereocenters. The number of carbonyl (C=O) groups excluding carboxylic acids is 2. The summed E-state index contributed by atoms with van der Waals surface area (Å²) in [5.74, 6) is 0.0339. The van der Waals surface area contributed by atoms with Crippen LogP contribution in [0.1, 0.15) is 32.3 Å². The van der Waals surface area contributed by atoms with E-state index >= 15 is 0 Å². The Bertz CT molecular complexity index is 770. The minimum Gasteiger partial charge on any atom is -0.354 e. The number of amides is 2. The van der Waals surface area contributed by atoms with Crippen molar-refractivity contribution >= 4 is 35.2 Å². The SMILES string of the molecule is CCCCNC(=O)C(C)N(Cc1ccccc1Cl)C(=O)CSc1ccccc1. The molecule has 2 aromatic rings. The molecule has 0 aliphatic heterocycles. The summed E-state index contributed by atoms with van der Waals surface area (Å²) >= 11 is 7.76. The van der Waals surface area contributed by atoms with E-state index in [1.54, 1.807) is 17.9 Å². The van der Waals surface area contributed by atoms with Crippen LogP contribution in [-0.4, -0.2) is 35.1 Å². The molecule has 0 spiro atoms. The van der Waals surface area contributed by atoms with E-state index in [0.29, 0.717) is 18.1 Å². The lowest BCUT2D eigenvalue weighted by Crippen LogP contribution is -2.48. The molecular formula is C22H27ClN2O2S. The van der Waals surface area contributed by atoms with Crippen LogP contribution < -0.4 is 5.32 Å². The highest BCUT2D eigenvalue weighted by Crippen LogP contribution is 2.22. The lowest BCUT2D eigenvalue weighted by molar-refractivity contribution is -0.138. The van der Waals surface area contributed by atoms with Gasteiger partial charge in [-0.15, -0.1) is 11.8 Å². The Labute approximate surface area is 176 Å². The zero-order chi connectivity index (χ0) is 20.4. The van der Waals surface area contributed by atoms with Crippen LogP contribution >= 0.6 is 23.4 Å². The zero-order valence-electron chi connectivity index (χ0n) is 16.4. The van der Waals surface area contributed by atoms with Crippen molar-refractivity contribution < 1.29 is 9.59 Å². The van der Waals surface area contributed by atoms with E-state index in [1.807, 2.05) is 48.5 Å². The number of nitrogens with zero attached hydrogens (tertiary/aromatic N) is 1. The van der Waals surface area contributed by atoms with Gasteiger partial charge in [-0.1, -0.05) is 61.3 Å². The molecule has 0 aliphatic rings. The molecule has 4 nitrogen and oxygen atoms in total. The van der Waals surface area contributed by atoms with Crippen molar-refractivity contribution in [3.63, 3.8) is 0 Å². The quantitative estimate of drug-likeness (QED) is 0.446. The highest BCUT2D eigenvalue weighted by Gasteiger charge is 2.26. The number of thioether (sulfide) groups is 1. The lowest BCUT2D eigenvalue weighted by atomic mass is 10.1. The first-order valence-electron chi connectivity index (χ1n) is 9.51. The van der Waals surface area contributed by atoms with E-state index in [0.717, 1.165) is 23.3 Å². The first-order valence-corrected chi connectivity index (χ1v) is 10.9. The summed E-state index contributed by atoms with van der Waals surface area (Å²) in [7, 11) is 0. The summed E-state index contributed by atoms with van der Waals surface area (Å²) < 4.78 is 0. The Hall–Kier alpha value is -1.98. The first kappa shape index (κ1) is 22.3. The Morgan fingerprint density at radius 3 is 2.46 bits per heavy atom. The van der Waals surface area contributed by atoms with Crippen LogP contribution in [0.15, 0.2) is 59.5 Å². The van der Waals surface area contributed by atoms with E-state index in [2.05, 4.69) is 12.2 Å². The van der Waals surface area contributed by atoms with Crippen LogP contribution in [0.5, 0.6) is 0 Å². The lowest BCUT2D eigenvalue weighted by Gasteiger charge is -2.29. The van der Waals surface area contributed by atoms with E-state index in [4.69, 9.17) is 11.6 Å².